The van der Waals surface area contributed by atoms with Crippen molar-refractivity contribution in [3.8, 4) is 0 Å². The SMILES string of the molecule is Cc1nc2sc3c(c2c2nnc(SCC(=O)NNC(=O)c4ccco4)n12)CCCC3. The van der Waals surface area contributed by atoms with Crippen LogP contribution in [0.25, 0.3) is 15.9 Å². The highest BCUT2D eigenvalue weighted by Crippen LogP contribution is 2.38. The molecule has 2 N–H and O–H groups in total. The summed E-state index contributed by atoms with van der Waals surface area (Å²) >= 11 is 3.00. The molecule has 0 atom stereocenters. The van der Waals surface area contributed by atoms with Gasteiger partial charge in [-0.1, -0.05) is 11.8 Å². The van der Waals surface area contributed by atoms with E-state index in [2.05, 4.69) is 21.0 Å². The van der Waals surface area contributed by atoms with E-state index in [0.717, 1.165) is 34.5 Å². The van der Waals surface area contributed by atoms with Crippen molar-refractivity contribution in [1.29, 1.82) is 0 Å². The van der Waals surface area contributed by atoms with Crippen molar-refractivity contribution in [3.63, 3.8) is 0 Å². The molecule has 4 aromatic heterocycles. The van der Waals surface area contributed by atoms with Crippen LogP contribution in [0.2, 0.25) is 0 Å². The van der Waals surface area contributed by atoms with E-state index in [-0.39, 0.29) is 17.4 Å². The Morgan fingerprint density at radius 3 is 2.97 bits per heavy atom. The number of hydrazine groups is 1. The van der Waals surface area contributed by atoms with Crippen molar-refractivity contribution in [2.45, 2.75) is 37.8 Å². The second kappa shape index (κ2) is 7.73. The van der Waals surface area contributed by atoms with Gasteiger partial charge in [-0.15, -0.1) is 21.5 Å². The molecular formula is C19H18N6O3S2. The smallest absolute Gasteiger partial charge is 0.305 e. The number of amides is 2. The maximum atomic E-state index is 12.1. The fourth-order valence-electron chi connectivity index (χ4n) is 3.64. The van der Waals surface area contributed by atoms with Gasteiger partial charge in [-0.2, -0.15) is 0 Å². The molecule has 0 saturated carbocycles. The molecule has 4 aromatic rings. The zero-order chi connectivity index (χ0) is 20.7. The number of aromatic nitrogens is 4. The zero-order valence-electron chi connectivity index (χ0n) is 16.1. The first-order valence-corrected chi connectivity index (χ1v) is 11.3. The van der Waals surface area contributed by atoms with Crippen molar-refractivity contribution < 1.29 is 14.0 Å². The predicted octanol–water partition coefficient (Wildman–Crippen LogP) is 2.67. The summed E-state index contributed by atoms with van der Waals surface area (Å²) < 4.78 is 6.89. The van der Waals surface area contributed by atoms with Crippen molar-refractivity contribution in [2.75, 3.05) is 5.75 Å². The van der Waals surface area contributed by atoms with Crippen molar-refractivity contribution in [2.24, 2.45) is 0 Å². The maximum absolute atomic E-state index is 12.1. The standard InChI is InChI=1S/C19H18N6O3S2/c1-10-20-18-15(11-5-2-3-7-13(11)30-18)16-22-24-19(25(10)16)29-9-14(26)21-23-17(27)12-6-4-8-28-12/h4,6,8H,2-3,5,7,9H2,1H3,(H,21,26)(H,23,27). The molecule has 0 unspecified atom stereocenters. The Labute approximate surface area is 179 Å². The summed E-state index contributed by atoms with van der Waals surface area (Å²) in [5.41, 5.74) is 6.84. The lowest BCUT2D eigenvalue weighted by molar-refractivity contribution is -0.119. The summed E-state index contributed by atoms with van der Waals surface area (Å²) in [6.45, 7) is 1.92. The first-order chi connectivity index (χ1) is 14.6. The number of hydrogen-bond donors (Lipinski definition) is 2. The number of hydrogen-bond acceptors (Lipinski definition) is 8. The maximum Gasteiger partial charge on any atom is 0.305 e. The van der Waals surface area contributed by atoms with Crippen LogP contribution in [0.5, 0.6) is 0 Å². The Morgan fingerprint density at radius 1 is 1.27 bits per heavy atom. The van der Waals surface area contributed by atoms with Crippen LogP contribution in [-0.4, -0.2) is 37.1 Å². The molecule has 1 aliphatic rings. The molecule has 9 nitrogen and oxygen atoms in total. The average Bonchev–Trinajstić information content (AvgIpc) is 3.48. The molecule has 30 heavy (non-hydrogen) atoms. The van der Waals surface area contributed by atoms with Gasteiger partial charge in [-0.25, -0.2) is 4.98 Å². The minimum Gasteiger partial charge on any atom is -0.459 e. The van der Waals surface area contributed by atoms with Gasteiger partial charge in [-0.05, 0) is 50.3 Å². The molecule has 2 amide bonds. The van der Waals surface area contributed by atoms with Crippen LogP contribution in [0.1, 0.15) is 39.7 Å². The number of thiophene rings is 1. The molecule has 5 rings (SSSR count). The molecule has 4 heterocycles. The highest BCUT2D eigenvalue weighted by atomic mass is 32.2. The quantitative estimate of drug-likeness (QED) is 0.369. The van der Waals surface area contributed by atoms with Crippen LogP contribution >= 0.6 is 23.1 Å². The van der Waals surface area contributed by atoms with Gasteiger partial charge in [0.1, 0.15) is 10.7 Å². The van der Waals surface area contributed by atoms with Crippen molar-refractivity contribution in [3.05, 3.63) is 40.4 Å². The highest BCUT2D eigenvalue weighted by Gasteiger charge is 2.23. The fraction of sp³-hybridized carbons (Fsp3) is 0.316. The molecule has 0 fully saturated rings. The average molecular weight is 443 g/mol. The van der Waals surface area contributed by atoms with E-state index in [1.54, 1.807) is 17.4 Å². The lowest BCUT2D eigenvalue weighted by Crippen LogP contribution is -2.42. The molecule has 154 valence electrons. The van der Waals surface area contributed by atoms with Gasteiger partial charge in [0.25, 0.3) is 0 Å². The molecule has 0 spiro atoms. The van der Waals surface area contributed by atoms with Crippen LogP contribution in [0, 0.1) is 6.92 Å². The Kier molecular flexibility index (Phi) is 4.91. The van der Waals surface area contributed by atoms with E-state index in [1.165, 1.54) is 47.4 Å². The van der Waals surface area contributed by atoms with Gasteiger partial charge in [-0.3, -0.25) is 24.8 Å². The third-order valence-electron chi connectivity index (χ3n) is 4.99. The van der Waals surface area contributed by atoms with Crippen LogP contribution in [-0.2, 0) is 17.6 Å². The molecule has 0 saturated heterocycles. The summed E-state index contributed by atoms with van der Waals surface area (Å²) in [5, 5.41) is 10.4. The number of carbonyl (C=O) groups excluding carboxylic acids is 2. The number of nitrogens with zero attached hydrogens (tertiary/aromatic N) is 4. The second-order valence-electron chi connectivity index (χ2n) is 6.96. The zero-order valence-corrected chi connectivity index (χ0v) is 17.7. The molecule has 0 aromatic carbocycles. The Balaban J connectivity index is 1.34. The number of aryl methyl sites for hydroxylation is 3. The Bertz CT molecular complexity index is 1260. The van der Waals surface area contributed by atoms with Crippen LogP contribution in [0.15, 0.2) is 28.0 Å². The number of carbonyl (C=O) groups is 2. The Morgan fingerprint density at radius 2 is 2.13 bits per heavy atom. The molecule has 0 radical (unpaired) electrons. The van der Waals surface area contributed by atoms with E-state index >= 15 is 0 Å². The van der Waals surface area contributed by atoms with Gasteiger partial charge in [0.2, 0.25) is 5.91 Å². The topological polar surface area (TPSA) is 114 Å². The summed E-state index contributed by atoms with van der Waals surface area (Å²) in [6, 6.07) is 3.11. The molecule has 1 aliphatic carbocycles. The van der Waals surface area contributed by atoms with E-state index in [9.17, 15) is 9.59 Å². The third-order valence-corrected chi connectivity index (χ3v) is 7.10. The first kappa shape index (κ1) is 19.1. The number of furan rings is 1. The lowest BCUT2D eigenvalue weighted by Gasteiger charge is -2.10. The van der Waals surface area contributed by atoms with Crippen LogP contribution < -0.4 is 10.9 Å². The molecule has 0 bridgehead atoms. The van der Waals surface area contributed by atoms with Crippen molar-refractivity contribution in [1.82, 2.24) is 30.4 Å². The van der Waals surface area contributed by atoms with Gasteiger partial charge in [0.15, 0.2) is 16.6 Å². The summed E-state index contributed by atoms with van der Waals surface area (Å²) in [6.07, 6.45) is 5.93. The van der Waals surface area contributed by atoms with E-state index in [1.807, 2.05) is 11.3 Å². The van der Waals surface area contributed by atoms with Gasteiger partial charge in [0, 0.05) is 4.88 Å². The van der Waals surface area contributed by atoms with E-state index in [4.69, 9.17) is 9.40 Å². The second-order valence-corrected chi connectivity index (χ2v) is 8.99. The van der Waals surface area contributed by atoms with Gasteiger partial charge in [0.05, 0.1) is 17.4 Å². The summed E-state index contributed by atoms with van der Waals surface area (Å²) in [4.78, 5) is 31.2. The number of fused-ring (bicyclic) bond motifs is 5. The summed E-state index contributed by atoms with van der Waals surface area (Å²) in [5.74, 6) is 0.0943. The minimum absolute atomic E-state index is 0.0679. The first-order valence-electron chi connectivity index (χ1n) is 9.53. The number of thioether (sulfide) groups is 1. The molecule has 0 aliphatic heterocycles. The fourth-order valence-corrected chi connectivity index (χ4v) is 5.72. The van der Waals surface area contributed by atoms with E-state index < -0.39 is 5.91 Å². The Hall–Kier alpha value is -2.92. The predicted molar refractivity (Wildman–Crippen MR) is 113 cm³/mol. The van der Waals surface area contributed by atoms with Crippen LogP contribution in [0.4, 0.5) is 0 Å². The number of rotatable bonds is 4. The highest BCUT2D eigenvalue weighted by molar-refractivity contribution is 7.99. The molecular weight excluding hydrogens is 424 g/mol. The normalized spacial score (nSPS) is 13.5. The molecule has 11 heteroatoms. The van der Waals surface area contributed by atoms with Crippen LogP contribution in [0.3, 0.4) is 0 Å². The van der Waals surface area contributed by atoms with Crippen molar-refractivity contribution >= 4 is 50.8 Å². The summed E-state index contributed by atoms with van der Waals surface area (Å²) in [7, 11) is 0. The third kappa shape index (κ3) is 3.33. The number of nitrogens with one attached hydrogen (secondary N) is 2. The van der Waals surface area contributed by atoms with Gasteiger partial charge < -0.3 is 4.42 Å². The van der Waals surface area contributed by atoms with E-state index in [0.29, 0.717) is 5.16 Å². The van der Waals surface area contributed by atoms with Gasteiger partial charge >= 0.3 is 5.91 Å². The minimum atomic E-state index is -0.518. The monoisotopic (exact) mass is 442 g/mol. The lowest BCUT2D eigenvalue weighted by atomic mass is 9.97. The largest absolute Gasteiger partial charge is 0.459 e.